The van der Waals surface area contributed by atoms with E-state index in [0.717, 1.165) is 12.3 Å². The molecule has 0 bridgehead atoms. The van der Waals surface area contributed by atoms with Gasteiger partial charge >= 0.3 is 6.18 Å². The highest BCUT2D eigenvalue weighted by molar-refractivity contribution is 7.12. The Hall–Kier alpha value is -5.76. The lowest BCUT2D eigenvalue weighted by Gasteiger charge is -2.16. The van der Waals surface area contributed by atoms with Crippen LogP contribution in [0, 0.1) is 5.26 Å². The second kappa shape index (κ2) is 12.6. The molecule has 0 saturated heterocycles. The first-order valence-corrected chi connectivity index (χ1v) is 14.5. The molecule has 0 unspecified atom stereocenters. The highest BCUT2D eigenvalue weighted by atomic mass is 32.1. The van der Waals surface area contributed by atoms with Crippen molar-refractivity contribution in [3.05, 3.63) is 106 Å². The van der Waals surface area contributed by atoms with Crippen LogP contribution in [0.1, 0.15) is 25.6 Å². The largest absolute Gasteiger partial charge is 0.493 e. The van der Waals surface area contributed by atoms with Gasteiger partial charge in [-0.2, -0.15) is 17.6 Å². The fraction of sp³-hybridized carbons (Fsp3) is 0.0909. The number of pyridine rings is 1. The quantitative estimate of drug-likeness (QED) is 0.158. The summed E-state index contributed by atoms with van der Waals surface area (Å²) in [6.07, 6.45) is -2.38. The van der Waals surface area contributed by atoms with Crippen molar-refractivity contribution < 1.29 is 41.4 Å². The number of aromatic nitrogens is 2. The monoisotopic (exact) mass is 662 g/mol. The number of nitrogens with zero attached hydrogens (tertiary/aromatic N) is 2. The van der Waals surface area contributed by atoms with E-state index in [9.17, 15) is 27.2 Å². The summed E-state index contributed by atoms with van der Waals surface area (Å²) in [5.41, 5.74) is -1.16. The summed E-state index contributed by atoms with van der Waals surface area (Å²) in [5.74, 6) is 0.226. The van der Waals surface area contributed by atoms with Gasteiger partial charge in [0.2, 0.25) is 0 Å². The Morgan fingerprint density at radius 3 is 2.21 bits per heavy atom. The molecule has 0 radical (unpaired) electrons. The number of hydrogen-bond acceptors (Lipinski definition) is 8. The van der Waals surface area contributed by atoms with Gasteiger partial charge < -0.3 is 24.8 Å². The summed E-state index contributed by atoms with van der Waals surface area (Å²) in [6.45, 7) is 0. The fourth-order valence-electron chi connectivity index (χ4n) is 4.93. The molecule has 0 aliphatic carbocycles. The van der Waals surface area contributed by atoms with Crippen molar-refractivity contribution in [2.24, 2.45) is 0 Å². The number of thiazole rings is 1. The zero-order valence-electron chi connectivity index (χ0n) is 24.4. The van der Waals surface area contributed by atoms with Crippen LogP contribution >= 0.6 is 11.3 Å². The highest BCUT2D eigenvalue weighted by Gasteiger charge is 2.35. The number of hydrogen-bond donors (Lipinski definition) is 2. The fourth-order valence-corrected chi connectivity index (χ4v) is 5.46. The number of fused-ring (bicyclic) bond motifs is 2. The van der Waals surface area contributed by atoms with E-state index in [-0.39, 0.29) is 16.1 Å². The van der Waals surface area contributed by atoms with Crippen LogP contribution < -0.4 is 24.8 Å². The molecule has 9 nitrogen and oxygen atoms in total. The first-order chi connectivity index (χ1) is 22.5. The van der Waals surface area contributed by atoms with E-state index in [2.05, 4.69) is 20.6 Å². The van der Waals surface area contributed by atoms with Crippen LogP contribution in [0.25, 0.3) is 21.7 Å². The summed E-state index contributed by atoms with van der Waals surface area (Å²) in [7, 11) is 3.04. The lowest BCUT2D eigenvalue weighted by atomic mass is 10.0. The molecule has 2 heterocycles. The zero-order valence-corrected chi connectivity index (χ0v) is 25.3. The number of benzene rings is 4. The summed E-state index contributed by atoms with van der Waals surface area (Å²) in [6, 6.07) is 18.1. The second-order valence-corrected chi connectivity index (χ2v) is 10.9. The van der Waals surface area contributed by atoms with Gasteiger partial charge in [-0.15, -0.1) is 0 Å². The number of nitrogens with one attached hydrogen (secondary N) is 2. The Balaban J connectivity index is 1.29. The standard InChI is InChI=1S/C33H22F4N4O5S/c1-44-27-14-21-24(15-28(27)45-2)38-12-11-26(21)46-25-8-4-5-18-19(25)6-3-7-20(18)30(42)40-17-9-10-23(22(13-17)33(35,36)37)41-31(43)29-16-39-32(34)47-29/h3-16H,1-2H3,(H,40,42)(H,41,43). The molecule has 0 fully saturated rings. The molecule has 0 saturated carbocycles. The average Bonchev–Trinajstić information content (AvgIpc) is 3.50. The minimum Gasteiger partial charge on any atom is -0.493 e. The van der Waals surface area contributed by atoms with E-state index < -0.39 is 34.5 Å². The molecular weight excluding hydrogens is 640 g/mol. The van der Waals surface area contributed by atoms with Gasteiger partial charge in [0.1, 0.15) is 16.4 Å². The number of rotatable bonds is 8. The highest BCUT2D eigenvalue weighted by Crippen LogP contribution is 2.40. The van der Waals surface area contributed by atoms with Crippen molar-refractivity contribution in [3.8, 4) is 23.0 Å². The van der Waals surface area contributed by atoms with Gasteiger partial charge in [-0.3, -0.25) is 14.6 Å². The van der Waals surface area contributed by atoms with Crippen LogP contribution in [0.2, 0.25) is 0 Å². The van der Waals surface area contributed by atoms with Gasteiger partial charge in [0.25, 0.3) is 17.1 Å². The molecule has 4 aromatic carbocycles. The molecule has 2 N–H and O–H groups in total. The number of alkyl halides is 3. The lowest BCUT2D eigenvalue weighted by Crippen LogP contribution is -2.17. The van der Waals surface area contributed by atoms with Gasteiger partial charge in [0, 0.05) is 34.3 Å². The van der Waals surface area contributed by atoms with Gasteiger partial charge in [-0.05, 0) is 47.9 Å². The Morgan fingerprint density at radius 2 is 1.49 bits per heavy atom. The van der Waals surface area contributed by atoms with Crippen LogP contribution in [-0.2, 0) is 6.18 Å². The first kappa shape index (κ1) is 31.2. The number of anilines is 2. The van der Waals surface area contributed by atoms with Crippen molar-refractivity contribution in [2.45, 2.75) is 6.18 Å². The summed E-state index contributed by atoms with van der Waals surface area (Å²) in [5, 5.41) is 5.45. The molecule has 0 atom stereocenters. The van der Waals surface area contributed by atoms with Crippen LogP contribution in [0.5, 0.6) is 23.0 Å². The molecule has 6 rings (SSSR count). The predicted molar refractivity (Wildman–Crippen MR) is 168 cm³/mol. The number of carbonyl (C=O) groups is 2. The van der Waals surface area contributed by atoms with E-state index >= 15 is 0 Å². The molecule has 0 spiro atoms. The van der Waals surface area contributed by atoms with E-state index in [1.807, 2.05) is 0 Å². The number of halogens is 4. The van der Waals surface area contributed by atoms with Crippen LogP contribution in [0.4, 0.5) is 28.9 Å². The molecule has 6 aromatic rings. The minimum atomic E-state index is -4.89. The van der Waals surface area contributed by atoms with Crippen molar-refractivity contribution in [1.29, 1.82) is 0 Å². The number of methoxy groups -OCH3 is 2. The first-order valence-electron chi connectivity index (χ1n) is 13.7. The van der Waals surface area contributed by atoms with Crippen molar-refractivity contribution >= 4 is 56.2 Å². The summed E-state index contributed by atoms with van der Waals surface area (Å²) in [4.78, 5) is 33.3. The third kappa shape index (κ3) is 6.35. The van der Waals surface area contributed by atoms with Gasteiger partial charge in [0.05, 0.1) is 37.2 Å². The van der Waals surface area contributed by atoms with Gasteiger partial charge in [0.15, 0.2) is 11.5 Å². The summed E-state index contributed by atoms with van der Waals surface area (Å²) < 4.78 is 72.3. The van der Waals surface area contributed by atoms with Crippen LogP contribution in [-0.4, -0.2) is 36.0 Å². The average molecular weight is 663 g/mol. The van der Waals surface area contributed by atoms with E-state index in [1.165, 1.54) is 26.4 Å². The number of amides is 2. The van der Waals surface area contributed by atoms with Crippen molar-refractivity contribution in [3.63, 3.8) is 0 Å². The number of carbonyl (C=O) groups excluding carboxylic acids is 2. The number of ether oxygens (including phenoxy) is 3. The lowest BCUT2D eigenvalue weighted by molar-refractivity contribution is -0.136. The Morgan fingerprint density at radius 1 is 0.766 bits per heavy atom. The molecular formula is C33H22F4N4O5S. The maximum atomic E-state index is 14.0. The SMILES string of the molecule is COc1cc2nccc(Oc3cccc4c(C(=O)Nc5ccc(NC(=O)c6cnc(F)s6)c(C(F)(F)F)c5)cccc34)c2cc1OC. The third-order valence-corrected chi connectivity index (χ3v) is 7.87. The molecule has 47 heavy (non-hydrogen) atoms. The van der Waals surface area contributed by atoms with Gasteiger partial charge in [-0.1, -0.05) is 35.6 Å². The smallest absolute Gasteiger partial charge is 0.418 e. The van der Waals surface area contributed by atoms with Crippen molar-refractivity contribution in [2.75, 3.05) is 24.9 Å². The minimum absolute atomic E-state index is 0.166. The van der Waals surface area contributed by atoms with E-state index in [1.54, 1.807) is 54.7 Å². The molecule has 238 valence electrons. The maximum absolute atomic E-state index is 14.0. The third-order valence-electron chi connectivity index (χ3n) is 7.09. The topological polar surface area (TPSA) is 112 Å². The molecule has 2 aromatic heterocycles. The van der Waals surface area contributed by atoms with E-state index in [0.29, 0.717) is 62.1 Å². The predicted octanol–water partition coefficient (Wildman–Crippen LogP) is 8.32. The Kier molecular flexibility index (Phi) is 8.35. The van der Waals surface area contributed by atoms with Crippen LogP contribution in [0.3, 0.4) is 0 Å². The Bertz CT molecular complexity index is 2170. The Labute approximate surface area is 267 Å². The molecule has 0 aliphatic rings. The zero-order chi connectivity index (χ0) is 33.3. The normalized spacial score (nSPS) is 11.4. The van der Waals surface area contributed by atoms with Gasteiger partial charge in [-0.25, -0.2) is 4.98 Å². The molecule has 2 amide bonds. The van der Waals surface area contributed by atoms with Crippen LogP contribution in [0.15, 0.2) is 85.2 Å². The second-order valence-electron chi connectivity index (χ2n) is 9.94. The summed E-state index contributed by atoms with van der Waals surface area (Å²) >= 11 is 0.393. The van der Waals surface area contributed by atoms with E-state index in [4.69, 9.17) is 14.2 Å². The molecule has 0 aliphatic heterocycles. The van der Waals surface area contributed by atoms with Crippen molar-refractivity contribution in [1.82, 2.24) is 9.97 Å². The maximum Gasteiger partial charge on any atom is 0.418 e. The molecule has 14 heteroatoms.